The minimum absolute atomic E-state index is 0.280. The van der Waals surface area contributed by atoms with Gasteiger partial charge in [0.1, 0.15) is 0 Å². The number of methoxy groups -OCH3 is 1. The summed E-state index contributed by atoms with van der Waals surface area (Å²) in [5.41, 5.74) is 0.610. The Kier molecular flexibility index (Phi) is 6.65. The van der Waals surface area contributed by atoms with Gasteiger partial charge in [0.25, 0.3) is 5.91 Å². The number of carbonyl (C=O) groups is 2. The van der Waals surface area contributed by atoms with Crippen molar-refractivity contribution in [1.82, 2.24) is 5.32 Å². The van der Waals surface area contributed by atoms with E-state index in [0.717, 1.165) is 0 Å². The highest BCUT2D eigenvalue weighted by Crippen LogP contribution is 2.25. The van der Waals surface area contributed by atoms with Crippen molar-refractivity contribution in [3.05, 3.63) is 59.1 Å². The molecule has 0 heterocycles. The Morgan fingerprint density at radius 3 is 2.36 bits per heavy atom. The fourth-order valence-corrected chi connectivity index (χ4v) is 2.36. The lowest BCUT2D eigenvalue weighted by Gasteiger charge is -2.20. The molecule has 0 aromatic heterocycles. The number of para-hydroxylation sites is 2. The van der Waals surface area contributed by atoms with Crippen LogP contribution in [0.15, 0.2) is 48.5 Å². The SMILES string of the molecule is COc1ccccc1OCC(=O)NC(CC(=O)[O-])c1ccc(Cl)cc1. The molecule has 1 atom stereocenters. The van der Waals surface area contributed by atoms with Crippen molar-refractivity contribution in [3.8, 4) is 11.5 Å². The topological polar surface area (TPSA) is 87.7 Å². The van der Waals surface area contributed by atoms with Crippen molar-refractivity contribution in [2.75, 3.05) is 13.7 Å². The van der Waals surface area contributed by atoms with Crippen LogP contribution in [0.3, 0.4) is 0 Å². The molecule has 6 nitrogen and oxygen atoms in total. The molecule has 0 spiro atoms. The molecule has 0 aliphatic carbocycles. The van der Waals surface area contributed by atoms with Gasteiger partial charge in [0, 0.05) is 17.4 Å². The van der Waals surface area contributed by atoms with Crippen LogP contribution < -0.4 is 19.9 Å². The van der Waals surface area contributed by atoms with Crippen molar-refractivity contribution in [2.24, 2.45) is 0 Å². The lowest BCUT2D eigenvalue weighted by molar-refractivity contribution is -0.306. The van der Waals surface area contributed by atoms with Gasteiger partial charge in [0.15, 0.2) is 18.1 Å². The van der Waals surface area contributed by atoms with Gasteiger partial charge < -0.3 is 24.7 Å². The fourth-order valence-electron chi connectivity index (χ4n) is 2.23. The molecule has 0 fully saturated rings. The Morgan fingerprint density at radius 1 is 1.12 bits per heavy atom. The van der Waals surface area contributed by atoms with Crippen LogP contribution >= 0.6 is 11.6 Å². The molecule has 2 rings (SSSR count). The van der Waals surface area contributed by atoms with Crippen molar-refractivity contribution < 1.29 is 24.2 Å². The Bertz CT molecular complexity index is 733. The van der Waals surface area contributed by atoms with Gasteiger partial charge in [0.05, 0.1) is 13.2 Å². The zero-order chi connectivity index (χ0) is 18.2. The number of halogens is 1. The van der Waals surface area contributed by atoms with Crippen LogP contribution in [-0.2, 0) is 9.59 Å². The molecule has 25 heavy (non-hydrogen) atoms. The lowest BCUT2D eigenvalue weighted by atomic mass is 10.0. The molecule has 0 aliphatic rings. The Labute approximate surface area is 150 Å². The summed E-state index contributed by atoms with van der Waals surface area (Å²) in [5, 5.41) is 14.1. The van der Waals surface area contributed by atoms with Gasteiger partial charge >= 0.3 is 0 Å². The second-order valence-corrected chi connectivity index (χ2v) is 5.62. The highest BCUT2D eigenvalue weighted by Gasteiger charge is 2.16. The third-order valence-electron chi connectivity index (χ3n) is 3.41. The Balaban J connectivity index is 2.01. The summed E-state index contributed by atoms with van der Waals surface area (Å²) in [4.78, 5) is 23.1. The van der Waals surface area contributed by atoms with Gasteiger partial charge in [0.2, 0.25) is 0 Å². The van der Waals surface area contributed by atoms with E-state index in [-0.39, 0.29) is 13.0 Å². The maximum absolute atomic E-state index is 12.1. The molecule has 0 saturated carbocycles. The van der Waals surface area contributed by atoms with Gasteiger partial charge in [-0.1, -0.05) is 35.9 Å². The molecular formula is C18H17ClNO5-. The van der Waals surface area contributed by atoms with Crippen molar-refractivity contribution in [3.63, 3.8) is 0 Å². The molecule has 1 amide bonds. The first-order chi connectivity index (χ1) is 12.0. The van der Waals surface area contributed by atoms with Crippen LogP contribution in [0.25, 0.3) is 0 Å². The van der Waals surface area contributed by atoms with E-state index in [0.29, 0.717) is 22.1 Å². The van der Waals surface area contributed by atoms with Crippen LogP contribution in [0.1, 0.15) is 18.0 Å². The summed E-state index contributed by atoms with van der Waals surface area (Å²) in [6, 6.07) is 12.7. The number of carboxylic acids is 1. The van der Waals surface area contributed by atoms with Crippen LogP contribution in [0.2, 0.25) is 5.02 Å². The molecule has 1 unspecified atom stereocenters. The highest BCUT2D eigenvalue weighted by atomic mass is 35.5. The van der Waals surface area contributed by atoms with Gasteiger partial charge in [-0.2, -0.15) is 0 Å². The third-order valence-corrected chi connectivity index (χ3v) is 3.66. The van der Waals surface area contributed by atoms with E-state index in [4.69, 9.17) is 21.1 Å². The molecule has 0 bridgehead atoms. The first-order valence-corrected chi connectivity index (χ1v) is 7.88. The van der Waals surface area contributed by atoms with Gasteiger partial charge in [-0.25, -0.2) is 0 Å². The molecular weight excluding hydrogens is 346 g/mol. The number of hydrogen-bond donors (Lipinski definition) is 1. The minimum atomic E-state index is -1.27. The predicted octanol–water partition coefficient (Wildman–Crippen LogP) is 1.72. The molecule has 2 aromatic carbocycles. The smallest absolute Gasteiger partial charge is 0.258 e. The van der Waals surface area contributed by atoms with E-state index in [9.17, 15) is 14.7 Å². The fraction of sp³-hybridized carbons (Fsp3) is 0.222. The minimum Gasteiger partial charge on any atom is -0.550 e. The number of amides is 1. The van der Waals surface area contributed by atoms with Crippen molar-refractivity contribution in [1.29, 1.82) is 0 Å². The lowest BCUT2D eigenvalue weighted by Crippen LogP contribution is -2.36. The number of carboxylic acid groups (broad SMARTS) is 1. The predicted molar refractivity (Wildman–Crippen MR) is 90.4 cm³/mol. The second kappa shape index (κ2) is 8.94. The number of rotatable bonds is 8. The highest BCUT2D eigenvalue weighted by molar-refractivity contribution is 6.30. The normalized spacial score (nSPS) is 11.4. The summed E-state index contributed by atoms with van der Waals surface area (Å²) in [5.74, 6) is -0.819. The molecule has 2 aromatic rings. The summed E-state index contributed by atoms with van der Waals surface area (Å²) in [6.07, 6.45) is -0.359. The number of hydrogen-bond acceptors (Lipinski definition) is 5. The Hall–Kier alpha value is -2.73. The van der Waals surface area contributed by atoms with Crippen molar-refractivity contribution in [2.45, 2.75) is 12.5 Å². The summed E-state index contributed by atoms with van der Waals surface area (Å²) in [7, 11) is 1.50. The summed E-state index contributed by atoms with van der Waals surface area (Å²) < 4.78 is 10.6. The molecule has 0 aliphatic heterocycles. The molecule has 0 saturated heterocycles. The van der Waals surface area contributed by atoms with Crippen LogP contribution in [0.4, 0.5) is 0 Å². The number of aliphatic carboxylic acids is 1. The van der Waals surface area contributed by atoms with E-state index in [2.05, 4.69) is 5.32 Å². The van der Waals surface area contributed by atoms with E-state index >= 15 is 0 Å². The van der Waals surface area contributed by atoms with Gasteiger partial charge in [-0.15, -0.1) is 0 Å². The maximum Gasteiger partial charge on any atom is 0.258 e. The molecule has 7 heteroatoms. The van der Waals surface area contributed by atoms with E-state index in [1.807, 2.05) is 0 Å². The molecule has 1 N–H and O–H groups in total. The van der Waals surface area contributed by atoms with E-state index in [1.54, 1.807) is 48.5 Å². The number of benzene rings is 2. The zero-order valence-electron chi connectivity index (χ0n) is 13.5. The molecule has 132 valence electrons. The summed E-state index contributed by atoms with van der Waals surface area (Å²) in [6.45, 7) is -0.280. The zero-order valence-corrected chi connectivity index (χ0v) is 14.3. The molecule has 0 radical (unpaired) electrons. The second-order valence-electron chi connectivity index (χ2n) is 5.19. The van der Waals surface area contributed by atoms with Crippen molar-refractivity contribution >= 4 is 23.5 Å². The third kappa shape index (κ3) is 5.69. The number of carbonyl (C=O) groups excluding carboxylic acids is 2. The first-order valence-electron chi connectivity index (χ1n) is 7.50. The largest absolute Gasteiger partial charge is 0.550 e. The Morgan fingerprint density at radius 2 is 1.76 bits per heavy atom. The standard InChI is InChI=1S/C18H18ClNO5/c1-24-15-4-2-3-5-16(15)25-11-17(21)20-14(10-18(22)23)12-6-8-13(19)9-7-12/h2-9,14H,10-11H2,1H3,(H,20,21)(H,22,23)/p-1. The monoisotopic (exact) mass is 362 g/mol. The first kappa shape index (κ1) is 18.6. The van der Waals surface area contributed by atoms with E-state index < -0.39 is 17.9 Å². The van der Waals surface area contributed by atoms with Crippen LogP contribution in [-0.4, -0.2) is 25.6 Å². The maximum atomic E-state index is 12.1. The average Bonchev–Trinajstić information content (AvgIpc) is 2.60. The van der Waals surface area contributed by atoms with Crippen LogP contribution in [0.5, 0.6) is 11.5 Å². The number of ether oxygens (including phenoxy) is 2. The quantitative estimate of drug-likeness (QED) is 0.772. The van der Waals surface area contributed by atoms with Gasteiger partial charge in [-0.3, -0.25) is 4.79 Å². The number of nitrogens with one attached hydrogen (secondary N) is 1. The average molecular weight is 363 g/mol. The van der Waals surface area contributed by atoms with E-state index in [1.165, 1.54) is 7.11 Å². The van der Waals surface area contributed by atoms with Crippen LogP contribution in [0, 0.1) is 0 Å². The summed E-state index contributed by atoms with van der Waals surface area (Å²) >= 11 is 5.83. The van der Waals surface area contributed by atoms with Gasteiger partial charge in [-0.05, 0) is 29.8 Å².